The number of nitrogens with one attached hydrogen (secondary N) is 1. The van der Waals surface area contributed by atoms with Crippen molar-refractivity contribution >= 4 is 6.09 Å². The fourth-order valence-electron chi connectivity index (χ4n) is 1.56. The molecule has 0 aliphatic carbocycles. The molecule has 1 aromatic carbocycles. The van der Waals surface area contributed by atoms with Crippen LogP contribution >= 0.6 is 0 Å². The second-order valence-corrected chi connectivity index (χ2v) is 4.11. The van der Waals surface area contributed by atoms with Crippen LogP contribution in [0.3, 0.4) is 0 Å². The summed E-state index contributed by atoms with van der Waals surface area (Å²) in [5, 5.41) is 2.66. The second kappa shape index (κ2) is 8.01. The Morgan fingerprint density at radius 1 is 1.15 bits per heavy atom. The predicted octanol–water partition coefficient (Wildman–Crippen LogP) is 2.97. The maximum Gasteiger partial charge on any atom is 0.412 e. The Morgan fingerprint density at radius 2 is 2.00 bits per heavy atom. The predicted molar refractivity (Wildman–Crippen MR) is 73.4 cm³/mol. The summed E-state index contributed by atoms with van der Waals surface area (Å²) >= 11 is 0. The molecule has 1 amide bonds. The van der Waals surface area contributed by atoms with E-state index in [1.165, 1.54) is 0 Å². The lowest BCUT2D eigenvalue weighted by atomic mass is 10.3. The molecule has 5 nitrogen and oxygen atoms in total. The maximum absolute atomic E-state index is 11.4. The zero-order chi connectivity index (χ0) is 14.0. The molecular formula is C15H17NO4. The summed E-state index contributed by atoms with van der Waals surface area (Å²) in [5.74, 6) is 1.32. The first-order valence-electron chi connectivity index (χ1n) is 6.45. The quantitative estimate of drug-likeness (QED) is 0.789. The van der Waals surface area contributed by atoms with E-state index in [2.05, 4.69) is 5.32 Å². The average Bonchev–Trinajstić information content (AvgIpc) is 2.97. The number of furan rings is 1. The van der Waals surface area contributed by atoms with Crippen molar-refractivity contribution in [1.82, 2.24) is 5.32 Å². The third-order valence-corrected chi connectivity index (χ3v) is 2.51. The minimum Gasteiger partial charge on any atom is -0.467 e. The number of hydrogen-bond acceptors (Lipinski definition) is 4. The fraction of sp³-hybridized carbons (Fsp3) is 0.267. The van der Waals surface area contributed by atoms with E-state index in [9.17, 15) is 4.79 Å². The van der Waals surface area contributed by atoms with Gasteiger partial charge in [-0.2, -0.15) is 0 Å². The molecule has 0 saturated carbocycles. The molecule has 1 heterocycles. The molecule has 2 rings (SSSR count). The largest absolute Gasteiger partial charge is 0.467 e. The van der Waals surface area contributed by atoms with Gasteiger partial charge in [0.2, 0.25) is 0 Å². The minimum absolute atomic E-state index is 0.446. The van der Waals surface area contributed by atoms with Crippen LogP contribution in [0.15, 0.2) is 53.1 Å². The molecule has 0 spiro atoms. The molecular weight excluding hydrogens is 258 g/mol. The molecule has 1 N–H and O–H groups in total. The van der Waals surface area contributed by atoms with E-state index >= 15 is 0 Å². The third kappa shape index (κ3) is 5.16. The molecule has 20 heavy (non-hydrogen) atoms. The molecule has 0 bridgehead atoms. The third-order valence-electron chi connectivity index (χ3n) is 2.51. The summed E-state index contributed by atoms with van der Waals surface area (Å²) in [6, 6.07) is 12.6. The zero-order valence-electron chi connectivity index (χ0n) is 11.1. The SMILES string of the molecule is O=C(NCCCOCc1ccco1)Oc1ccccc1. The summed E-state index contributed by atoms with van der Waals surface area (Å²) in [6.45, 7) is 1.50. The highest BCUT2D eigenvalue weighted by Gasteiger charge is 2.02. The molecule has 5 heteroatoms. The van der Waals surface area contributed by atoms with Crippen LogP contribution in [0.25, 0.3) is 0 Å². The van der Waals surface area contributed by atoms with E-state index in [1.807, 2.05) is 30.3 Å². The highest BCUT2D eigenvalue weighted by molar-refractivity contribution is 5.70. The first-order chi connectivity index (χ1) is 9.84. The zero-order valence-corrected chi connectivity index (χ0v) is 11.1. The normalized spacial score (nSPS) is 10.2. The van der Waals surface area contributed by atoms with Crippen LogP contribution in [0, 0.1) is 0 Å². The first kappa shape index (κ1) is 14.1. The van der Waals surface area contributed by atoms with Crippen LogP contribution in [0.2, 0.25) is 0 Å². The van der Waals surface area contributed by atoms with E-state index in [0.717, 1.165) is 5.76 Å². The topological polar surface area (TPSA) is 60.7 Å². The number of ether oxygens (including phenoxy) is 2. The number of carbonyl (C=O) groups excluding carboxylic acids is 1. The van der Waals surface area contributed by atoms with Crippen molar-refractivity contribution in [2.24, 2.45) is 0 Å². The van der Waals surface area contributed by atoms with Gasteiger partial charge in [-0.1, -0.05) is 18.2 Å². The first-order valence-corrected chi connectivity index (χ1v) is 6.45. The number of hydrogen-bond donors (Lipinski definition) is 1. The molecule has 0 unspecified atom stereocenters. The van der Waals surface area contributed by atoms with Gasteiger partial charge in [-0.15, -0.1) is 0 Å². The lowest BCUT2D eigenvalue weighted by Gasteiger charge is -2.06. The van der Waals surface area contributed by atoms with Gasteiger partial charge in [0.05, 0.1) is 6.26 Å². The molecule has 2 aromatic rings. The van der Waals surface area contributed by atoms with Crippen molar-refractivity contribution in [2.45, 2.75) is 13.0 Å². The van der Waals surface area contributed by atoms with Gasteiger partial charge in [0.15, 0.2) is 0 Å². The Morgan fingerprint density at radius 3 is 2.75 bits per heavy atom. The van der Waals surface area contributed by atoms with Crippen LogP contribution in [0.5, 0.6) is 5.75 Å². The lowest BCUT2D eigenvalue weighted by molar-refractivity contribution is 0.104. The Kier molecular flexibility index (Phi) is 5.67. The van der Waals surface area contributed by atoms with Crippen molar-refractivity contribution in [3.8, 4) is 5.75 Å². The van der Waals surface area contributed by atoms with Gasteiger partial charge in [0.1, 0.15) is 18.1 Å². The highest BCUT2D eigenvalue weighted by Crippen LogP contribution is 2.08. The number of amides is 1. The van der Waals surface area contributed by atoms with E-state index in [1.54, 1.807) is 18.4 Å². The van der Waals surface area contributed by atoms with Gasteiger partial charge in [-0.3, -0.25) is 0 Å². The number of rotatable bonds is 7. The summed E-state index contributed by atoms with van der Waals surface area (Å²) in [4.78, 5) is 11.4. The van der Waals surface area contributed by atoms with Crippen molar-refractivity contribution in [3.05, 3.63) is 54.5 Å². The van der Waals surface area contributed by atoms with Gasteiger partial charge in [0.25, 0.3) is 0 Å². The van der Waals surface area contributed by atoms with Crippen LogP contribution in [0.4, 0.5) is 4.79 Å². The van der Waals surface area contributed by atoms with E-state index in [4.69, 9.17) is 13.9 Å². The average molecular weight is 275 g/mol. The van der Waals surface area contributed by atoms with Crippen molar-refractivity contribution in [2.75, 3.05) is 13.2 Å². The van der Waals surface area contributed by atoms with Gasteiger partial charge < -0.3 is 19.2 Å². The number of benzene rings is 1. The smallest absolute Gasteiger partial charge is 0.412 e. The standard InChI is InChI=1S/C15H17NO4/c17-15(20-13-6-2-1-3-7-13)16-9-5-10-18-12-14-8-4-11-19-14/h1-4,6-8,11H,5,9-10,12H2,(H,16,17). The molecule has 0 atom stereocenters. The van der Waals surface area contributed by atoms with E-state index in [0.29, 0.717) is 31.9 Å². The van der Waals surface area contributed by atoms with Gasteiger partial charge in [0, 0.05) is 13.2 Å². The Bertz CT molecular complexity index is 496. The number of carbonyl (C=O) groups is 1. The van der Waals surface area contributed by atoms with E-state index in [-0.39, 0.29) is 0 Å². The Hall–Kier alpha value is -2.27. The van der Waals surface area contributed by atoms with Crippen LogP contribution in [-0.4, -0.2) is 19.2 Å². The van der Waals surface area contributed by atoms with E-state index < -0.39 is 6.09 Å². The Labute approximate surface area is 117 Å². The highest BCUT2D eigenvalue weighted by atomic mass is 16.6. The maximum atomic E-state index is 11.4. The molecule has 0 radical (unpaired) electrons. The molecule has 1 aromatic heterocycles. The van der Waals surface area contributed by atoms with Crippen molar-refractivity contribution in [1.29, 1.82) is 0 Å². The molecule has 106 valence electrons. The Balaban J connectivity index is 1.51. The molecule has 0 aliphatic heterocycles. The lowest BCUT2D eigenvalue weighted by Crippen LogP contribution is -2.28. The van der Waals surface area contributed by atoms with Crippen molar-refractivity contribution in [3.63, 3.8) is 0 Å². The molecule has 0 saturated heterocycles. The second-order valence-electron chi connectivity index (χ2n) is 4.11. The monoisotopic (exact) mass is 275 g/mol. The molecule has 0 fully saturated rings. The number of para-hydroxylation sites is 1. The molecule has 0 aliphatic rings. The summed E-state index contributed by atoms with van der Waals surface area (Å²) < 4.78 is 15.6. The van der Waals surface area contributed by atoms with Crippen molar-refractivity contribution < 1.29 is 18.7 Å². The minimum atomic E-state index is -0.456. The summed E-state index contributed by atoms with van der Waals surface area (Å²) in [5.41, 5.74) is 0. The van der Waals surface area contributed by atoms with Crippen LogP contribution < -0.4 is 10.1 Å². The fourth-order valence-corrected chi connectivity index (χ4v) is 1.56. The summed E-state index contributed by atoms with van der Waals surface area (Å²) in [7, 11) is 0. The van der Waals surface area contributed by atoms with Gasteiger partial charge in [-0.05, 0) is 30.7 Å². The van der Waals surface area contributed by atoms with Gasteiger partial charge in [-0.25, -0.2) is 4.79 Å². The van der Waals surface area contributed by atoms with Gasteiger partial charge >= 0.3 is 6.09 Å². The van der Waals surface area contributed by atoms with Crippen LogP contribution in [-0.2, 0) is 11.3 Å². The van der Waals surface area contributed by atoms with Crippen LogP contribution in [0.1, 0.15) is 12.2 Å². The summed E-state index contributed by atoms with van der Waals surface area (Å²) in [6.07, 6.45) is 1.87.